The van der Waals surface area contributed by atoms with Crippen LogP contribution in [0.1, 0.15) is 22.3 Å². The second-order valence-corrected chi connectivity index (χ2v) is 7.20. The lowest BCUT2D eigenvalue weighted by Gasteiger charge is -2.22. The number of carbonyl (C=O) groups excluding carboxylic acids is 1. The smallest absolute Gasteiger partial charge is 0.251 e. The minimum absolute atomic E-state index is 0. The summed E-state index contributed by atoms with van der Waals surface area (Å²) in [6.07, 6.45) is 1.10. The fourth-order valence-corrected chi connectivity index (χ4v) is 3.45. The normalized spacial score (nSPS) is 16.1. The van der Waals surface area contributed by atoms with Gasteiger partial charge in [0.05, 0.1) is 13.2 Å². The van der Waals surface area contributed by atoms with Crippen molar-refractivity contribution in [2.45, 2.75) is 13.0 Å². The second kappa shape index (κ2) is 13.2. The molecular weight excluding hydrogens is 491 g/mol. The first-order valence-electron chi connectivity index (χ1n) is 10.2. The number of aliphatic imine (C=N–C) groups is 1. The van der Waals surface area contributed by atoms with E-state index in [1.54, 1.807) is 7.05 Å². The average Bonchev–Trinajstić information content (AvgIpc) is 3.23. The largest absolute Gasteiger partial charge is 0.376 e. The molecule has 1 amide bonds. The Kier molecular flexibility index (Phi) is 10.6. The first-order valence-corrected chi connectivity index (χ1v) is 10.2. The van der Waals surface area contributed by atoms with Crippen molar-refractivity contribution < 1.29 is 9.53 Å². The fourth-order valence-electron chi connectivity index (χ4n) is 3.45. The lowest BCUT2D eigenvalue weighted by atomic mass is 10.1. The monoisotopic (exact) mass is 522 g/mol. The summed E-state index contributed by atoms with van der Waals surface area (Å²) in [5, 5.41) is 6.27. The Morgan fingerprint density at radius 2 is 1.73 bits per heavy atom. The summed E-state index contributed by atoms with van der Waals surface area (Å²) in [5.41, 5.74) is 1.88. The van der Waals surface area contributed by atoms with Gasteiger partial charge in [0.25, 0.3) is 5.91 Å². The van der Waals surface area contributed by atoms with E-state index in [4.69, 9.17) is 4.74 Å². The van der Waals surface area contributed by atoms with Crippen LogP contribution in [0.4, 0.5) is 0 Å². The number of rotatable bonds is 8. The van der Waals surface area contributed by atoms with Crippen LogP contribution in [0.15, 0.2) is 65.7 Å². The SMILES string of the molecule is CN=C(NCCNC(=O)c1ccccc1)N1CCC(COCc2ccccc2)C1.I. The van der Waals surface area contributed by atoms with Crippen LogP contribution < -0.4 is 10.6 Å². The third-order valence-corrected chi connectivity index (χ3v) is 4.99. The lowest BCUT2D eigenvalue weighted by Crippen LogP contribution is -2.43. The summed E-state index contributed by atoms with van der Waals surface area (Å²) >= 11 is 0. The summed E-state index contributed by atoms with van der Waals surface area (Å²) in [6, 6.07) is 19.5. The van der Waals surface area contributed by atoms with Crippen LogP contribution in [0.5, 0.6) is 0 Å². The summed E-state index contributed by atoms with van der Waals surface area (Å²) < 4.78 is 5.90. The highest BCUT2D eigenvalue weighted by atomic mass is 127. The molecule has 1 unspecified atom stereocenters. The van der Waals surface area contributed by atoms with Crippen molar-refractivity contribution in [2.24, 2.45) is 10.9 Å². The quantitative estimate of drug-likeness (QED) is 0.242. The number of nitrogens with one attached hydrogen (secondary N) is 2. The average molecular weight is 522 g/mol. The van der Waals surface area contributed by atoms with Crippen molar-refractivity contribution in [1.82, 2.24) is 15.5 Å². The van der Waals surface area contributed by atoms with Gasteiger partial charge in [-0.15, -0.1) is 24.0 Å². The molecule has 0 aromatic heterocycles. The van der Waals surface area contributed by atoms with E-state index in [0.29, 0.717) is 31.2 Å². The van der Waals surface area contributed by atoms with Crippen molar-refractivity contribution in [2.75, 3.05) is 39.8 Å². The van der Waals surface area contributed by atoms with Crippen molar-refractivity contribution in [3.63, 3.8) is 0 Å². The zero-order chi connectivity index (χ0) is 20.3. The van der Waals surface area contributed by atoms with Gasteiger partial charge in [-0.25, -0.2) is 0 Å². The van der Waals surface area contributed by atoms with Gasteiger partial charge in [-0.1, -0.05) is 48.5 Å². The molecule has 162 valence electrons. The molecule has 1 aliphatic heterocycles. The van der Waals surface area contributed by atoms with Crippen LogP contribution in [-0.2, 0) is 11.3 Å². The van der Waals surface area contributed by atoms with Crippen LogP contribution in [0, 0.1) is 5.92 Å². The van der Waals surface area contributed by atoms with Gasteiger partial charge in [-0.3, -0.25) is 9.79 Å². The maximum atomic E-state index is 12.1. The van der Waals surface area contributed by atoms with Gasteiger partial charge < -0.3 is 20.3 Å². The summed E-state index contributed by atoms with van der Waals surface area (Å²) in [5.74, 6) is 1.33. The van der Waals surface area contributed by atoms with Gasteiger partial charge in [-0.2, -0.15) is 0 Å². The van der Waals surface area contributed by atoms with Gasteiger partial charge in [0.15, 0.2) is 5.96 Å². The molecular formula is C23H31IN4O2. The van der Waals surface area contributed by atoms with E-state index in [1.165, 1.54) is 5.56 Å². The maximum absolute atomic E-state index is 12.1. The molecule has 1 atom stereocenters. The first-order chi connectivity index (χ1) is 14.3. The third kappa shape index (κ3) is 7.60. The van der Waals surface area contributed by atoms with Crippen LogP contribution in [0.25, 0.3) is 0 Å². The zero-order valence-electron chi connectivity index (χ0n) is 17.4. The molecule has 0 aliphatic carbocycles. The first kappa shape index (κ1) is 24.1. The van der Waals surface area contributed by atoms with Crippen molar-refractivity contribution in [1.29, 1.82) is 0 Å². The van der Waals surface area contributed by atoms with E-state index >= 15 is 0 Å². The molecule has 1 fully saturated rings. The van der Waals surface area contributed by atoms with Gasteiger partial charge in [0.2, 0.25) is 0 Å². The molecule has 1 aliphatic rings. The second-order valence-electron chi connectivity index (χ2n) is 7.20. The van der Waals surface area contributed by atoms with E-state index in [1.807, 2.05) is 48.5 Å². The molecule has 0 spiro atoms. The lowest BCUT2D eigenvalue weighted by molar-refractivity contribution is 0.0906. The van der Waals surface area contributed by atoms with E-state index in [2.05, 4.69) is 32.7 Å². The van der Waals surface area contributed by atoms with Crippen LogP contribution >= 0.6 is 24.0 Å². The highest BCUT2D eigenvalue weighted by Gasteiger charge is 2.24. The van der Waals surface area contributed by atoms with Gasteiger partial charge in [0, 0.05) is 44.7 Å². The number of hydrogen-bond acceptors (Lipinski definition) is 3. The van der Waals surface area contributed by atoms with Gasteiger partial charge in [-0.05, 0) is 24.1 Å². The summed E-state index contributed by atoms with van der Waals surface area (Å²) in [4.78, 5) is 18.7. The Bertz CT molecular complexity index is 786. The third-order valence-electron chi connectivity index (χ3n) is 4.99. The molecule has 30 heavy (non-hydrogen) atoms. The summed E-state index contributed by atoms with van der Waals surface area (Å²) in [7, 11) is 1.80. The molecule has 2 N–H and O–H groups in total. The molecule has 0 bridgehead atoms. The minimum atomic E-state index is -0.0563. The number of ether oxygens (including phenoxy) is 1. The number of amides is 1. The molecule has 2 aromatic rings. The molecule has 7 heteroatoms. The predicted octanol–water partition coefficient (Wildman–Crippen LogP) is 3.15. The van der Waals surface area contributed by atoms with Crippen LogP contribution in [0.2, 0.25) is 0 Å². The molecule has 1 heterocycles. The molecule has 0 radical (unpaired) electrons. The number of hydrogen-bond donors (Lipinski definition) is 2. The minimum Gasteiger partial charge on any atom is -0.376 e. The van der Waals surface area contributed by atoms with Crippen molar-refractivity contribution in [3.05, 3.63) is 71.8 Å². The van der Waals surface area contributed by atoms with E-state index in [0.717, 1.165) is 32.1 Å². The van der Waals surface area contributed by atoms with E-state index in [-0.39, 0.29) is 29.9 Å². The number of likely N-dealkylation sites (tertiary alicyclic amines) is 1. The summed E-state index contributed by atoms with van der Waals surface area (Å²) in [6.45, 7) is 4.50. The number of benzene rings is 2. The van der Waals surface area contributed by atoms with Crippen LogP contribution in [0.3, 0.4) is 0 Å². The Morgan fingerprint density at radius 3 is 2.43 bits per heavy atom. The predicted molar refractivity (Wildman–Crippen MR) is 131 cm³/mol. The molecule has 0 saturated carbocycles. The highest BCUT2D eigenvalue weighted by molar-refractivity contribution is 14.0. The van der Waals surface area contributed by atoms with E-state index in [9.17, 15) is 4.79 Å². The fraction of sp³-hybridized carbons (Fsp3) is 0.391. The molecule has 2 aromatic carbocycles. The van der Waals surface area contributed by atoms with Gasteiger partial charge in [0.1, 0.15) is 0 Å². The molecule has 3 rings (SSSR count). The van der Waals surface area contributed by atoms with Crippen molar-refractivity contribution >= 4 is 35.8 Å². The van der Waals surface area contributed by atoms with Crippen LogP contribution in [-0.4, -0.2) is 56.6 Å². The number of carbonyl (C=O) groups is 1. The Hall–Kier alpha value is -2.13. The Labute approximate surface area is 196 Å². The standard InChI is InChI=1S/C23H30N4O2.HI/c1-24-23(26-14-13-25-22(28)21-10-6-3-7-11-21)27-15-12-20(16-27)18-29-17-19-8-4-2-5-9-19;/h2-11,20H,12-18H2,1H3,(H,24,26)(H,25,28);1H. The Balaban J connectivity index is 0.00000320. The number of guanidine groups is 1. The van der Waals surface area contributed by atoms with E-state index < -0.39 is 0 Å². The van der Waals surface area contributed by atoms with Gasteiger partial charge >= 0.3 is 0 Å². The Morgan fingerprint density at radius 1 is 1.07 bits per heavy atom. The topological polar surface area (TPSA) is 66.0 Å². The number of nitrogens with zero attached hydrogens (tertiary/aromatic N) is 2. The number of halogens is 1. The zero-order valence-corrected chi connectivity index (χ0v) is 19.8. The van der Waals surface area contributed by atoms with Crippen molar-refractivity contribution in [3.8, 4) is 0 Å². The molecule has 1 saturated heterocycles. The molecule has 6 nitrogen and oxygen atoms in total. The highest BCUT2D eigenvalue weighted by Crippen LogP contribution is 2.17. The maximum Gasteiger partial charge on any atom is 0.251 e.